The first kappa shape index (κ1) is 9.21. The van der Waals surface area contributed by atoms with E-state index in [-0.39, 0.29) is 5.56 Å². The maximum Gasteiger partial charge on any atom is 0.325 e. The standard InChI is InChI=1S/C9H13N3O2/c13-8-5-7(11-9(14)12-8)3-4-10-6-1-2-6/h5-6,10H,1-4H2,(H2,11,12,13,14). The molecule has 0 bridgehead atoms. The lowest BCUT2D eigenvalue weighted by Gasteiger charge is -2.01. The molecule has 3 N–H and O–H groups in total. The minimum Gasteiger partial charge on any atom is -0.314 e. The average molecular weight is 195 g/mol. The summed E-state index contributed by atoms with van der Waals surface area (Å²) in [5.74, 6) is 0. The summed E-state index contributed by atoms with van der Waals surface area (Å²) in [6, 6.07) is 2.08. The first-order valence-corrected chi connectivity index (χ1v) is 4.80. The summed E-state index contributed by atoms with van der Waals surface area (Å²) in [7, 11) is 0. The van der Waals surface area contributed by atoms with E-state index in [1.165, 1.54) is 18.9 Å². The van der Waals surface area contributed by atoms with Crippen LogP contribution < -0.4 is 16.6 Å². The Labute approximate surface area is 80.6 Å². The molecule has 2 rings (SSSR count). The molecule has 0 spiro atoms. The Morgan fingerprint density at radius 3 is 2.79 bits per heavy atom. The molecule has 1 heterocycles. The van der Waals surface area contributed by atoms with Crippen molar-refractivity contribution in [3.8, 4) is 0 Å². The van der Waals surface area contributed by atoms with E-state index in [4.69, 9.17) is 0 Å². The van der Waals surface area contributed by atoms with E-state index in [1.54, 1.807) is 0 Å². The minimum atomic E-state index is -0.432. The van der Waals surface area contributed by atoms with Crippen molar-refractivity contribution in [3.05, 3.63) is 32.6 Å². The molecule has 1 aliphatic rings. The van der Waals surface area contributed by atoms with Gasteiger partial charge in [0.1, 0.15) is 0 Å². The Bertz CT molecular complexity index is 388. The van der Waals surface area contributed by atoms with Gasteiger partial charge in [0.05, 0.1) is 0 Å². The van der Waals surface area contributed by atoms with Crippen molar-refractivity contribution >= 4 is 0 Å². The minimum absolute atomic E-state index is 0.338. The lowest BCUT2D eigenvalue weighted by Crippen LogP contribution is -2.25. The second kappa shape index (κ2) is 3.79. The fourth-order valence-corrected chi connectivity index (χ4v) is 1.35. The van der Waals surface area contributed by atoms with Crippen LogP contribution in [0.3, 0.4) is 0 Å². The highest BCUT2D eigenvalue weighted by molar-refractivity contribution is 4.99. The summed E-state index contributed by atoms with van der Waals surface area (Å²) in [6.07, 6.45) is 3.17. The number of aromatic amines is 2. The third-order valence-corrected chi connectivity index (χ3v) is 2.22. The van der Waals surface area contributed by atoms with Gasteiger partial charge in [-0.05, 0) is 12.8 Å². The van der Waals surface area contributed by atoms with Crippen LogP contribution in [0.2, 0.25) is 0 Å². The molecule has 0 aliphatic heterocycles. The molecular weight excluding hydrogens is 182 g/mol. The molecule has 76 valence electrons. The lowest BCUT2D eigenvalue weighted by molar-refractivity contribution is 0.672. The maximum absolute atomic E-state index is 10.9. The smallest absolute Gasteiger partial charge is 0.314 e. The van der Waals surface area contributed by atoms with Crippen molar-refractivity contribution in [2.75, 3.05) is 6.54 Å². The average Bonchev–Trinajstić information content (AvgIpc) is 2.86. The highest BCUT2D eigenvalue weighted by Gasteiger charge is 2.19. The summed E-state index contributed by atoms with van der Waals surface area (Å²) in [4.78, 5) is 26.5. The molecule has 0 radical (unpaired) electrons. The predicted octanol–water partition coefficient (Wildman–Crippen LogP) is -0.642. The monoisotopic (exact) mass is 195 g/mol. The van der Waals surface area contributed by atoms with Crippen molar-refractivity contribution < 1.29 is 0 Å². The number of aromatic nitrogens is 2. The molecule has 5 heteroatoms. The maximum atomic E-state index is 10.9. The lowest BCUT2D eigenvalue weighted by atomic mass is 10.3. The van der Waals surface area contributed by atoms with Crippen molar-refractivity contribution in [2.24, 2.45) is 0 Å². The molecule has 0 unspecified atom stereocenters. The molecule has 14 heavy (non-hydrogen) atoms. The molecule has 1 saturated carbocycles. The van der Waals surface area contributed by atoms with Gasteiger partial charge in [-0.15, -0.1) is 0 Å². The molecule has 0 atom stereocenters. The Balaban J connectivity index is 1.93. The molecule has 0 saturated heterocycles. The van der Waals surface area contributed by atoms with E-state index < -0.39 is 5.69 Å². The van der Waals surface area contributed by atoms with Crippen molar-refractivity contribution in [1.29, 1.82) is 0 Å². The van der Waals surface area contributed by atoms with Crippen molar-refractivity contribution in [3.63, 3.8) is 0 Å². The fourth-order valence-electron chi connectivity index (χ4n) is 1.35. The van der Waals surface area contributed by atoms with Crippen LogP contribution in [0.1, 0.15) is 18.5 Å². The molecular formula is C9H13N3O2. The topological polar surface area (TPSA) is 77.8 Å². The zero-order valence-corrected chi connectivity index (χ0v) is 7.80. The SMILES string of the molecule is O=c1cc(CCNC2CC2)[nH]c(=O)[nH]1. The van der Waals surface area contributed by atoms with Crippen LogP contribution in [-0.2, 0) is 6.42 Å². The fraction of sp³-hybridized carbons (Fsp3) is 0.556. The van der Waals surface area contributed by atoms with Crippen LogP contribution >= 0.6 is 0 Å². The van der Waals surface area contributed by atoms with Crippen LogP contribution in [0.5, 0.6) is 0 Å². The zero-order chi connectivity index (χ0) is 9.97. The first-order valence-electron chi connectivity index (χ1n) is 4.80. The van der Waals surface area contributed by atoms with Gasteiger partial charge in [0.25, 0.3) is 5.56 Å². The molecule has 1 aliphatic carbocycles. The van der Waals surface area contributed by atoms with Crippen LogP contribution in [0.25, 0.3) is 0 Å². The predicted molar refractivity (Wildman–Crippen MR) is 52.4 cm³/mol. The number of hydrogen-bond acceptors (Lipinski definition) is 3. The summed E-state index contributed by atoms with van der Waals surface area (Å²) in [5, 5.41) is 3.31. The van der Waals surface area contributed by atoms with Gasteiger partial charge in [-0.1, -0.05) is 0 Å². The first-order chi connectivity index (χ1) is 6.74. The van der Waals surface area contributed by atoms with E-state index >= 15 is 0 Å². The largest absolute Gasteiger partial charge is 0.325 e. The van der Waals surface area contributed by atoms with Gasteiger partial charge in [-0.2, -0.15) is 0 Å². The third-order valence-electron chi connectivity index (χ3n) is 2.22. The quantitative estimate of drug-likeness (QED) is 0.598. The van der Waals surface area contributed by atoms with Gasteiger partial charge in [-0.25, -0.2) is 4.79 Å². The summed E-state index contributed by atoms with van der Waals surface area (Å²) in [5.41, 5.74) is -0.0824. The van der Waals surface area contributed by atoms with E-state index in [1.807, 2.05) is 0 Å². The number of H-pyrrole nitrogens is 2. The number of nitrogens with one attached hydrogen (secondary N) is 3. The number of rotatable bonds is 4. The van der Waals surface area contributed by atoms with E-state index in [0.29, 0.717) is 18.2 Å². The molecule has 5 nitrogen and oxygen atoms in total. The molecule has 1 fully saturated rings. The van der Waals surface area contributed by atoms with Gasteiger partial charge >= 0.3 is 5.69 Å². The van der Waals surface area contributed by atoms with Crippen molar-refractivity contribution in [1.82, 2.24) is 15.3 Å². The number of hydrogen-bond donors (Lipinski definition) is 3. The van der Waals surface area contributed by atoms with E-state index in [9.17, 15) is 9.59 Å². The van der Waals surface area contributed by atoms with Crippen LogP contribution in [0, 0.1) is 0 Å². The van der Waals surface area contributed by atoms with E-state index in [2.05, 4.69) is 15.3 Å². The van der Waals surface area contributed by atoms with Gasteiger partial charge < -0.3 is 10.3 Å². The van der Waals surface area contributed by atoms with Crippen LogP contribution in [0.15, 0.2) is 15.7 Å². The third kappa shape index (κ3) is 2.56. The normalized spacial score (nSPS) is 15.7. The summed E-state index contributed by atoms with van der Waals surface area (Å²) in [6.45, 7) is 0.810. The molecule has 1 aromatic rings. The molecule has 1 aromatic heterocycles. The second-order valence-electron chi connectivity index (χ2n) is 3.59. The second-order valence-corrected chi connectivity index (χ2v) is 3.59. The Hall–Kier alpha value is -1.36. The van der Waals surface area contributed by atoms with Crippen LogP contribution in [0.4, 0.5) is 0 Å². The highest BCUT2D eigenvalue weighted by atomic mass is 16.2. The van der Waals surface area contributed by atoms with Crippen molar-refractivity contribution in [2.45, 2.75) is 25.3 Å². The van der Waals surface area contributed by atoms with Crippen LogP contribution in [-0.4, -0.2) is 22.6 Å². The van der Waals surface area contributed by atoms with Gasteiger partial charge in [0.15, 0.2) is 0 Å². The highest BCUT2D eigenvalue weighted by Crippen LogP contribution is 2.18. The Kier molecular flexibility index (Phi) is 2.49. The summed E-state index contributed by atoms with van der Waals surface area (Å²) < 4.78 is 0. The molecule has 0 aromatic carbocycles. The van der Waals surface area contributed by atoms with E-state index in [0.717, 1.165) is 6.54 Å². The Morgan fingerprint density at radius 2 is 2.14 bits per heavy atom. The molecule has 0 amide bonds. The van der Waals surface area contributed by atoms with Gasteiger partial charge in [0, 0.05) is 30.8 Å². The van der Waals surface area contributed by atoms with Gasteiger partial charge in [0.2, 0.25) is 0 Å². The summed E-state index contributed by atoms with van der Waals surface area (Å²) >= 11 is 0. The van der Waals surface area contributed by atoms with Gasteiger partial charge in [-0.3, -0.25) is 9.78 Å². The zero-order valence-electron chi connectivity index (χ0n) is 7.80. The Morgan fingerprint density at radius 1 is 1.36 bits per heavy atom.